The third kappa shape index (κ3) is 4.29. The van der Waals surface area contributed by atoms with Gasteiger partial charge in [-0.1, -0.05) is 23.2 Å². The van der Waals surface area contributed by atoms with E-state index >= 15 is 0 Å². The molecular formula is C16H14Cl2O4. The lowest BCUT2D eigenvalue weighted by molar-refractivity contribution is 0.112. The Balaban J connectivity index is 1.91. The van der Waals surface area contributed by atoms with E-state index in [4.69, 9.17) is 37.4 Å². The fourth-order valence-electron chi connectivity index (χ4n) is 1.77. The predicted molar refractivity (Wildman–Crippen MR) is 85.8 cm³/mol. The molecule has 0 saturated heterocycles. The Labute approximate surface area is 138 Å². The molecule has 0 atom stereocenters. The third-order valence-electron chi connectivity index (χ3n) is 2.82. The first-order valence-electron chi connectivity index (χ1n) is 6.48. The van der Waals surface area contributed by atoms with Crippen molar-refractivity contribution < 1.29 is 19.0 Å². The molecule has 2 rings (SSSR count). The monoisotopic (exact) mass is 340 g/mol. The Morgan fingerprint density at radius 3 is 2.36 bits per heavy atom. The topological polar surface area (TPSA) is 44.8 Å². The van der Waals surface area contributed by atoms with Crippen molar-refractivity contribution in [3.63, 3.8) is 0 Å². The van der Waals surface area contributed by atoms with Crippen LogP contribution in [0.15, 0.2) is 36.4 Å². The summed E-state index contributed by atoms with van der Waals surface area (Å²) >= 11 is 11.9. The van der Waals surface area contributed by atoms with Gasteiger partial charge >= 0.3 is 0 Å². The Morgan fingerprint density at radius 2 is 1.68 bits per heavy atom. The van der Waals surface area contributed by atoms with E-state index < -0.39 is 0 Å². The molecule has 0 saturated carbocycles. The van der Waals surface area contributed by atoms with Crippen LogP contribution in [0.1, 0.15) is 10.4 Å². The van der Waals surface area contributed by atoms with Crippen LogP contribution >= 0.6 is 23.2 Å². The molecule has 0 heterocycles. The summed E-state index contributed by atoms with van der Waals surface area (Å²) in [7, 11) is 1.51. The minimum Gasteiger partial charge on any atom is -0.493 e. The Bertz CT molecular complexity index is 659. The summed E-state index contributed by atoms with van der Waals surface area (Å²) in [6.45, 7) is 0.582. The van der Waals surface area contributed by atoms with E-state index in [1.807, 2.05) is 0 Å². The number of methoxy groups -OCH3 is 1. The maximum absolute atomic E-state index is 10.7. The van der Waals surface area contributed by atoms with Gasteiger partial charge in [-0.05, 0) is 30.3 Å². The zero-order valence-electron chi connectivity index (χ0n) is 11.8. The fraction of sp³-hybridized carbons (Fsp3) is 0.188. The zero-order chi connectivity index (χ0) is 15.9. The highest BCUT2D eigenvalue weighted by molar-refractivity contribution is 6.34. The number of hydrogen-bond donors (Lipinski definition) is 0. The normalized spacial score (nSPS) is 10.1. The number of carbonyl (C=O) groups is 1. The van der Waals surface area contributed by atoms with Gasteiger partial charge in [0.2, 0.25) is 0 Å². The van der Waals surface area contributed by atoms with Crippen LogP contribution in [-0.4, -0.2) is 26.6 Å². The van der Waals surface area contributed by atoms with Gasteiger partial charge in [0.15, 0.2) is 11.5 Å². The predicted octanol–water partition coefficient (Wildman–Crippen LogP) is 4.27. The van der Waals surface area contributed by atoms with Crippen LogP contribution in [0.3, 0.4) is 0 Å². The molecule has 0 N–H and O–H groups in total. The van der Waals surface area contributed by atoms with Crippen molar-refractivity contribution in [2.24, 2.45) is 0 Å². The summed E-state index contributed by atoms with van der Waals surface area (Å²) < 4.78 is 16.3. The average molecular weight is 341 g/mol. The van der Waals surface area contributed by atoms with Crippen LogP contribution in [0, 0.1) is 0 Å². The number of halogens is 2. The quantitative estimate of drug-likeness (QED) is 0.557. The lowest BCUT2D eigenvalue weighted by Gasteiger charge is -2.12. The number of rotatable bonds is 7. The SMILES string of the molecule is COc1cc(C=O)ccc1OCCOc1cc(Cl)ccc1Cl. The Hall–Kier alpha value is -1.91. The summed E-state index contributed by atoms with van der Waals surface area (Å²) in [5, 5.41) is 1.03. The van der Waals surface area contributed by atoms with Crippen molar-refractivity contribution in [2.75, 3.05) is 20.3 Å². The summed E-state index contributed by atoms with van der Waals surface area (Å²) in [6.07, 6.45) is 0.747. The van der Waals surface area contributed by atoms with Crippen LogP contribution in [0.5, 0.6) is 17.2 Å². The van der Waals surface area contributed by atoms with Crippen molar-refractivity contribution in [3.8, 4) is 17.2 Å². The molecule has 0 unspecified atom stereocenters. The van der Waals surface area contributed by atoms with Gasteiger partial charge in [-0.2, -0.15) is 0 Å². The van der Waals surface area contributed by atoms with Gasteiger partial charge in [-0.3, -0.25) is 4.79 Å². The third-order valence-corrected chi connectivity index (χ3v) is 3.36. The van der Waals surface area contributed by atoms with E-state index in [0.29, 0.717) is 46.1 Å². The second-order valence-electron chi connectivity index (χ2n) is 4.30. The van der Waals surface area contributed by atoms with Crippen molar-refractivity contribution in [3.05, 3.63) is 52.0 Å². The van der Waals surface area contributed by atoms with Gasteiger partial charge in [0, 0.05) is 16.7 Å². The molecule has 0 aromatic heterocycles. The van der Waals surface area contributed by atoms with Crippen LogP contribution in [0.25, 0.3) is 0 Å². The first kappa shape index (κ1) is 16.5. The van der Waals surface area contributed by atoms with E-state index in [1.54, 1.807) is 36.4 Å². The minimum absolute atomic E-state index is 0.290. The molecule has 0 fully saturated rings. The first-order valence-corrected chi connectivity index (χ1v) is 7.23. The number of aldehydes is 1. The average Bonchev–Trinajstić information content (AvgIpc) is 2.54. The van der Waals surface area contributed by atoms with Crippen molar-refractivity contribution in [1.29, 1.82) is 0 Å². The summed E-state index contributed by atoms with van der Waals surface area (Å²) in [5.74, 6) is 1.53. The first-order chi connectivity index (χ1) is 10.6. The number of carbonyl (C=O) groups excluding carboxylic acids is 1. The summed E-state index contributed by atoms with van der Waals surface area (Å²) in [5.41, 5.74) is 0.520. The Kier molecular flexibility index (Phi) is 5.92. The molecule has 116 valence electrons. The molecule has 0 aliphatic carbocycles. The molecule has 4 nitrogen and oxygen atoms in total. The van der Waals surface area contributed by atoms with E-state index in [1.165, 1.54) is 7.11 Å². The van der Waals surface area contributed by atoms with Gasteiger partial charge in [0.25, 0.3) is 0 Å². The maximum atomic E-state index is 10.7. The Morgan fingerprint density at radius 1 is 0.955 bits per heavy atom. The molecule has 0 spiro atoms. The molecule has 0 amide bonds. The van der Waals surface area contributed by atoms with E-state index in [2.05, 4.69) is 0 Å². The summed E-state index contributed by atoms with van der Waals surface area (Å²) in [6, 6.07) is 9.93. The highest BCUT2D eigenvalue weighted by Crippen LogP contribution is 2.29. The van der Waals surface area contributed by atoms with Gasteiger partial charge in [-0.15, -0.1) is 0 Å². The molecule has 0 aliphatic heterocycles. The smallest absolute Gasteiger partial charge is 0.161 e. The van der Waals surface area contributed by atoms with Crippen molar-refractivity contribution >= 4 is 29.5 Å². The number of ether oxygens (including phenoxy) is 3. The zero-order valence-corrected chi connectivity index (χ0v) is 13.4. The van der Waals surface area contributed by atoms with E-state index in [-0.39, 0.29) is 0 Å². The van der Waals surface area contributed by atoms with Gasteiger partial charge < -0.3 is 14.2 Å². The highest BCUT2D eigenvalue weighted by Gasteiger charge is 2.06. The molecule has 0 bridgehead atoms. The molecule has 0 radical (unpaired) electrons. The van der Waals surface area contributed by atoms with Crippen molar-refractivity contribution in [1.82, 2.24) is 0 Å². The minimum atomic E-state index is 0.290. The van der Waals surface area contributed by atoms with Crippen molar-refractivity contribution in [2.45, 2.75) is 0 Å². The maximum Gasteiger partial charge on any atom is 0.161 e. The van der Waals surface area contributed by atoms with Crippen LogP contribution < -0.4 is 14.2 Å². The summed E-state index contributed by atoms with van der Waals surface area (Å²) in [4.78, 5) is 10.7. The van der Waals surface area contributed by atoms with Crippen LogP contribution in [0.4, 0.5) is 0 Å². The fourth-order valence-corrected chi connectivity index (χ4v) is 2.10. The standard InChI is InChI=1S/C16H14Cl2O4/c1-20-16-8-11(10-19)2-5-14(16)21-6-7-22-15-9-12(17)3-4-13(15)18/h2-5,8-10H,6-7H2,1H3. The molecule has 2 aromatic carbocycles. The second kappa shape index (κ2) is 7.92. The molecule has 22 heavy (non-hydrogen) atoms. The second-order valence-corrected chi connectivity index (χ2v) is 5.14. The van der Waals surface area contributed by atoms with Gasteiger partial charge in [-0.25, -0.2) is 0 Å². The van der Waals surface area contributed by atoms with Crippen LogP contribution in [0.2, 0.25) is 10.0 Å². The van der Waals surface area contributed by atoms with Gasteiger partial charge in [0.05, 0.1) is 12.1 Å². The van der Waals surface area contributed by atoms with Gasteiger partial charge in [0.1, 0.15) is 25.2 Å². The van der Waals surface area contributed by atoms with Crippen LogP contribution in [-0.2, 0) is 0 Å². The largest absolute Gasteiger partial charge is 0.493 e. The molecule has 2 aromatic rings. The molecule has 0 aliphatic rings. The molecular weight excluding hydrogens is 327 g/mol. The lowest BCUT2D eigenvalue weighted by atomic mass is 10.2. The van der Waals surface area contributed by atoms with E-state index in [9.17, 15) is 4.79 Å². The highest BCUT2D eigenvalue weighted by atomic mass is 35.5. The molecule has 6 heteroatoms. The number of hydrogen-bond acceptors (Lipinski definition) is 4. The lowest BCUT2D eigenvalue weighted by Crippen LogP contribution is -2.10. The number of benzene rings is 2. The van der Waals surface area contributed by atoms with E-state index in [0.717, 1.165) is 6.29 Å².